The first-order valence-electron chi connectivity index (χ1n) is 9.84. The molecular formula is C18H36NO5PSi. The molecule has 0 saturated carbocycles. The number of fused-ring (bicyclic) bond motifs is 1. The summed E-state index contributed by atoms with van der Waals surface area (Å²) in [6, 6.07) is 0.0876. The van der Waals surface area contributed by atoms with Crippen LogP contribution in [0.2, 0.25) is 18.1 Å². The second-order valence-corrected chi connectivity index (χ2v) is 15.8. The lowest BCUT2D eigenvalue weighted by molar-refractivity contribution is -0.138. The van der Waals surface area contributed by atoms with Gasteiger partial charge in [-0.05, 0) is 51.2 Å². The Kier molecular flexibility index (Phi) is 6.83. The second kappa shape index (κ2) is 8.04. The third kappa shape index (κ3) is 4.27. The van der Waals surface area contributed by atoms with Gasteiger partial charge in [-0.3, -0.25) is 9.36 Å². The lowest BCUT2D eigenvalue weighted by Gasteiger charge is -2.47. The third-order valence-corrected chi connectivity index (χ3v) is 12.9. The number of piperidine rings is 1. The van der Waals surface area contributed by atoms with E-state index in [0.717, 1.165) is 12.8 Å². The summed E-state index contributed by atoms with van der Waals surface area (Å²) in [5.74, 6) is -0.0900. The van der Waals surface area contributed by atoms with E-state index in [-0.39, 0.29) is 36.3 Å². The van der Waals surface area contributed by atoms with Crippen LogP contribution in [0.4, 0.5) is 0 Å². The van der Waals surface area contributed by atoms with Crippen molar-refractivity contribution in [2.24, 2.45) is 0 Å². The van der Waals surface area contributed by atoms with Crippen molar-refractivity contribution in [3.05, 3.63) is 0 Å². The van der Waals surface area contributed by atoms with Crippen LogP contribution in [-0.4, -0.2) is 56.7 Å². The molecule has 3 atom stereocenters. The Bertz CT molecular complexity index is 552. The zero-order valence-electron chi connectivity index (χ0n) is 17.4. The van der Waals surface area contributed by atoms with Gasteiger partial charge in [0.15, 0.2) is 8.32 Å². The fourth-order valence-corrected chi connectivity index (χ4v) is 7.05. The van der Waals surface area contributed by atoms with Crippen LogP contribution in [0.3, 0.4) is 0 Å². The largest absolute Gasteiger partial charge is 0.412 e. The molecule has 1 amide bonds. The van der Waals surface area contributed by atoms with E-state index < -0.39 is 21.6 Å². The van der Waals surface area contributed by atoms with Crippen molar-refractivity contribution in [2.75, 3.05) is 19.8 Å². The van der Waals surface area contributed by atoms with Gasteiger partial charge in [-0.15, -0.1) is 0 Å². The fraction of sp³-hybridized carbons (Fsp3) is 0.944. The SMILES string of the molecule is CCOP(=O)(OCC)C1C[C@@H](O[Si](C)(C)C(C)(C)C)[C@@H]2CCCN2C1=O. The molecule has 8 heteroatoms. The number of hydrogen-bond donors (Lipinski definition) is 0. The van der Waals surface area contributed by atoms with Crippen LogP contribution >= 0.6 is 7.60 Å². The Hall–Kier alpha value is -0.203. The summed E-state index contributed by atoms with van der Waals surface area (Å²) >= 11 is 0. The maximum absolute atomic E-state index is 13.3. The van der Waals surface area contributed by atoms with Crippen molar-refractivity contribution >= 4 is 21.8 Å². The average molecular weight is 406 g/mol. The van der Waals surface area contributed by atoms with Gasteiger partial charge in [0.25, 0.3) is 0 Å². The summed E-state index contributed by atoms with van der Waals surface area (Å²) in [5.41, 5.74) is -0.758. The molecule has 2 aliphatic rings. The quantitative estimate of drug-likeness (QED) is 0.464. The Morgan fingerprint density at radius 1 is 1.19 bits per heavy atom. The van der Waals surface area contributed by atoms with E-state index in [2.05, 4.69) is 33.9 Å². The van der Waals surface area contributed by atoms with Crippen LogP contribution < -0.4 is 0 Å². The first-order chi connectivity index (χ1) is 12.0. The summed E-state index contributed by atoms with van der Waals surface area (Å²) in [6.45, 7) is 15.9. The maximum atomic E-state index is 13.3. The van der Waals surface area contributed by atoms with E-state index in [1.54, 1.807) is 13.8 Å². The Labute approximate surface area is 159 Å². The third-order valence-electron chi connectivity index (χ3n) is 6.00. The molecule has 2 rings (SSSR count). The van der Waals surface area contributed by atoms with Crippen LogP contribution in [0.25, 0.3) is 0 Å². The van der Waals surface area contributed by atoms with Gasteiger partial charge in [0.05, 0.1) is 25.4 Å². The van der Waals surface area contributed by atoms with Crippen molar-refractivity contribution in [3.8, 4) is 0 Å². The predicted molar refractivity (Wildman–Crippen MR) is 106 cm³/mol. The maximum Gasteiger partial charge on any atom is 0.343 e. The van der Waals surface area contributed by atoms with Crippen LogP contribution in [0, 0.1) is 0 Å². The lowest BCUT2D eigenvalue weighted by Crippen LogP contribution is -2.58. The summed E-state index contributed by atoms with van der Waals surface area (Å²) in [7, 11) is -5.51. The van der Waals surface area contributed by atoms with Crippen molar-refractivity contribution in [3.63, 3.8) is 0 Å². The van der Waals surface area contributed by atoms with E-state index in [1.165, 1.54) is 0 Å². The molecule has 0 N–H and O–H groups in total. The van der Waals surface area contributed by atoms with Gasteiger partial charge in [-0.25, -0.2) is 0 Å². The first-order valence-corrected chi connectivity index (χ1v) is 14.4. The predicted octanol–water partition coefficient (Wildman–Crippen LogP) is 4.41. The van der Waals surface area contributed by atoms with Gasteiger partial charge >= 0.3 is 7.60 Å². The van der Waals surface area contributed by atoms with E-state index in [0.29, 0.717) is 13.0 Å². The molecule has 2 aliphatic heterocycles. The molecule has 6 nitrogen and oxygen atoms in total. The molecule has 2 heterocycles. The highest BCUT2D eigenvalue weighted by Crippen LogP contribution is 2.57. The van der Waals surface area contributed by atoms with E-state index in [4.69, 9.17) is 13.5 Å². The number of carbonyl (C=O) groups is 1. The standard InChI is InChI=1S/C18H36NO5PSi/c1-8-22-25(21,23-9-2)16-13-15(24-26(6,7)18(3,4)5)14-11-10-12-19(14)17(16)20/h14-16H,8-13H2,1-7H3/t14-,15+,16?/m0/s1. The van der Waals surface area contributed by atoms with Crippen LogP contribution in [0.15, 0.2) is 0 Å². The Balaban J connectivity index is 2.32. The van der Waals surface area contributed by atoms with E-state index >= 15 is 0 Å². The van der Waals surface area contributed by atoms with Gasteiger partial charge in [-0.2, -0.15) is 0 Å². The van der Waals surface area contributed by atoms with Gasteiger partial charge < -0.3 is 18.4 Å². The number of rotatable bonds is 7. The Morgan fingerprint density at radius 3 is 2.27 bits per heavy atom. The molecule has 0 radical (unpaired) electrons. The molecule has 2 saturated heterocycles. The van der Waals surface area contributed by atoms with Gasteiger partial charge in [-0.1, -0.05) is 20.8 Å². The minimum atomic E-state index is -3.50. The van der Waals surface area contributed by atoms with Crippen molar-refractivity contribution < 1.29 is 22.8 Å². The highest BCUT2D eigenvalue weighted by molar-refractivity contribution is 7.55. The minimum Gasteiger partial charge on any atom is -0.412 e. The topological polar surface area (TPSA) is 65.1 Å². The lowest BCUT2D eigenvalue weighted by atomic mass is 9.98. The molecule has 0 aromatic rings. The van der Waals surface area contributed by atoms with Gasteiger partial charge in [0.2, 0.25) is 5.91 Å². The zero-order chi connectivity index (χ0) is 19.8. The highest BCUT2D eigenvalue weighted by Gasteiger charge is 2.54. The van der Waals surface area contributed by atoms with Crippen molar-refractivity contribution in [2.45, 2.75) is 89.8 Å². The monoisotopic (exact) mass is 405 g/mol. The normalized spacial score (nSPS) is 27.7. The summed E-state index contributed by atoms with van der Waals surface area (Å²) < 4.78 is 31.1. The molecule has 0 aromatic carbocycles. The molecule has 26 heavy (non-hydrogen) atoms. The molecule has 0 aromatic heterocycles. The molecule has 0 spiro atoms. The average Bonchev–Trinajstić information content (AvgIpc) is 2.99. The molecule has 1 unspecified atom stereocenters. The molecule has 152 valence electrons. The number of nitrogens with zero attached hydrogens (tertiary/aromatic N) is 1. The number of amides is 1. The summed E-state index contributed by atoms with van der Waals surface area (Å²) in [6.07, 6.45) is 2.23. The van der Waals surface area contributed by atoms with Crippen LogP contribution in [0.1, 0.15) is 53.9 Å². The van der Waals surface area contributed by atoms with Crippen molar-refractivity contribution in [1.29, 1.82) is 0 Å². The van der Waals surface area contributed by atoms with Crippen LogP contribution in [-0.2, 0) is 22.8 Å². The minimum absolute atomic E-state index is 0.0803. The zero-order valence-corrected chi connectivity index (χ0v) is 19.3. The fourth-order valence-electron chi connectivity index (χ4n) is 3.65. The van der Waals surface area contributed by atoms with Gasteiger partial charge in [0.1, 0.15) is 5.66 Å². The molecule has 0 bridgehead atoms. The van der Waals surface area contributed by atoms with Crippen molar-refractivity contribution in [1.82, 2.24) is 4.90 Å². The van der Waals surface area contributed by atoms with Gasteiger partial charge in [0, 0.05) is 6.54 Å². The van der Waals surface area contributed by atoms with Crippen LogP contribution in [0.5, 0.6) is 0 Å². The summed E-state index contributed by atoms with van der Waals surface area (Å²) in [5, 5.41) is 0.0803. The Morgan fingerprint density at radius 2 is 1.77 bits per heavy atom. The number of carbonyl (C=O) groups excluding carboxylic acids is 1. The highest BCUT2D eigenvalue weighted by atomic mass is 31.2. The molecule has 2 fully saturated rings. The first kappa shape index (κ1) is 22.1. The second-order valence-electron chi connectivity index (χ2n) is 8.78. The molecular weight excluding hydrogens is 369 g/mol. The van der Waals surface area contributed by atoms with E-state index in [9.17, 15) is 9.36 Å². The number of hydrogen-bond acceptors (Lipinski definition) is 5. The smallest absolute Gasteiger partial charge is 0.343 e. The molecule has 0 aliphatic carbocycles. The van der Waals surface area contributed by atoms with E-state index in [1.807, 2.05) is 4.90 Å². The summed E-state index contributed by atoms with van der Waals surface area (Å²) in [4.78, 5) is 14.9.